The van der Waals surface area contributed by atoms with Gasteiger partial charge in [-0.25, -0.2) is 9.78 Å². The number of fused-ring (bicyclic) bond motifs is 1. The first-order valence-corrected chi connectivity index (χ1v) is 6.22. The molecule has 2 rings (SSSR count). The van der Waals surface area contributed by atoms with Crippen LogP contribution in [0.4, 0.5) is 0 Å². The van der Waals surface area contributed by atoms with Crippen LogP contribution < -0.4 is 0 Å². The van der Waals surface area contributed by atoms with Crippen LogP contribution in [0.25, 0.3) is 10.8 Å². The molecule has 1 aromatic heterocycles. The molecule has 2 aromatic rings. The molecule has 0 saturated carbocycles. The van der Waals surface area contributed by atoms with Gasteiger partial charge in [0, 0.05) is 11.6 Å². The molecule has 0 aliphatic heterocycles. The molecule has 1 aromatic carbocycles. The minimum Gasteiger partial charge on any atom is -0.464 e. The van der Waals surface area contributed by atoms with E-state index in [1.54, 1.807) is 6.20 Å². The van der Waals surface area contributed by atoms with Gasteiger partial charge in [-0.15, -0.1) is 0 Å². The van der Waals surface area contributed by atoms with Crippen molar-refractivity contribution < 1.29 is 9.53 Å². The van der Waals surface area contributed by atoms with Crippen LogP contribution in [0.3, 0.4) is 0 Å². The molecule has 3 nitrogen and oxygen atoms in total. The molecule has 0 radical (unpaired) electrons. The average molecular weight is 243 g/mol. The number of esters is 1. The van der Waals surface area contributed by atoms with E-state index in [-0.39, 0.29) is 5.97 Å². The highest BCUT2D eigenvalue weighted by Gasteiger charge is 2.15. The van der Waals surface area contributed by atoms with Gasteiger partial charge in [-0.1, -0.05) is 37.6 Å². The number of hydrogen-bond donors (Lipinski definition) is 0. The molecule has 1 heterocycles. The summed E-state index contributed by atoms with van der Waals surface area (Å²) in [6.45, 7) is 2.14. The molecule has 0 unspecified atom stereocenters. The highest BCUT2D eigenvalue weighted by Crippen LogP contribution is 2.23. The molecule has 0 aliphatic carbocycles. The number of unbranched alkanes of at least 4 members (excludes halogenated alkanes) is 1. The van der Waals surface area contributed by atoms with Crippen LogP contribution in [-0.2, 0) is 11.2 Å². The van der Waals surface area contributed by atoms with Crippen molar-refractivity contribution in [1.82, 2.24) is 4.98 Å². The second-order valence-electron chi connectivity index (χ2n) is 4.27. The van der Waals surface area contributed by atoms with Crippen molar-refractivity contribution in [1.29, 1.82) is 0 Å². The van der Waals surface area contributed by atoms with Crippen molar-refractivity contribution in [3.63, 3.8) is 0 Å². The van der Waals surface area contributed by atoms with E-state index in [0.29, 0.717) is 5.69 Å². The summed E-state index contributed by atoms with van der Waals surface area (Å²) in [6.07, 6.45) is 4.72. The minimum absolute atomic E-state index is 0.355. The van der Waals surface area contributed by atoms with Gasteiger partial charge in [-0.3, -0.25) is 0 Å². The Morgan fingerprint density at radius 2 is 2.11 bits per heavy atom. The lowest BCUT2D eigenvalue weighted by molar-refractivity contribution is 0.0593. The fourth-order valence-electron chi connectivity index (χ4n) is 2.10. The zero-order valence-electron chi connectivity index (χ0n) is 10.8. The van der Waals surface area contributed by atoms with Crippen LogP contribution in [0.5, 0.6) is 0 Å². The van der Waals surface area contributed by atoms with E-state index in [1.165, 1.54) is 7.11 Å². The standard InChI is InChI=1S/C15H17NO2/c1-3-4-8-13-12-9-6-5-7-11(12)10-16-14(13)15(17)18-2/h5-7,9-10H,3-4,8H2,1-2H3. The summed E-state index contributed by atoms with van der Waals surface area (Å²) >= 11 is 0. The normalized spacial score (nSPS) is 10.6. The molecule has 0 bridgehead atoms. The number of aromatic nitrogens is 1. The lowest BCUT2D eigenvalue weighted by Gasteiger charge is -2.10. The second kappa shape index (κ2) is 5.63. The smallest absolute Gasteiger partial charge is 0.356 e. The van der Waals surface area contributed by atoms with Gasteiger partial charge >= 0.3 is 5.97 Å². The highest BCUT2D eigenvalue weighted by atomic mass is 16.5. The van der Waals surface area contributed by atoms with E-state index >= 15 is 0 Å². The maximum absolute atomic E-state index is 11.8. The largest absolute Gasteiger partial charge is 0.464 e. The first kappa shape index (κ1) is 12.6. The van der Waals surface area contributed by atoms with Gasteiger partial charge in [0.05, 0.1) is 7.11 Å². The van der Waals surface area contributed by atoms with Gasteiger partial charge in [0.25, 0.3) is 0 Å². The Balaban J connectivity index is 2.59. The number of aryl methyl sites for hydroxylation is 1. The van der Waals surface area contributed by atoms with Gasteiger partial charge in [0.15, 0.2) is 5.69 Å². The summed E-state index contributed by atoms with van der Waals surface area (Å²) in [6, 6.07) is 8.01. The Bertz CT molecular complexity index is 563. The van der Waals surface area contributed by atoms with Crippen molar-refractivity contribution in [2.45, 2.75) is 26.2 Å². The second-order valence-corrected chi connectivity index (χ2v) is 4.27. The molecule has 0 atom stereocenters. The van der Waals surface area contributed by atoms with E-state index in [0.717, 1.165) is 35.6 Å². The Labute approximate surface area is 107 Å². The van der Waals surface area contributed by atoms with Crippen LogP contribution in [0.1, 0.15) is 35.8 Å². The molecule has 94 valence electrons. The number of nitrogens with zero attached hydrogens (tertiary/aromatic N) is 1. The lowest BCUT2D eigenvalue weighted by atomic mass is 9.99. The first-order valence-electron chi connectivity index (χ1n) is 6.22. The average Bonchev–Trinajstić information content (AvgIpc) is 2.43. The van der Waals surface area contributed by atoms with Crippen LogP contribution in [0.2, 0.25) is 0 Å². The summed E-state index contributed by atoms with van der Waals surface area (Å²) < 4.78 is 4.80. The summed E-state index contributed by atoms with van der Waals surface area (Å²) in [4.78, 5) is 16.0. The predicted octanol–water partition coefficient (Wildman–Crippen LogP) is 3.36. The Kier molecular flexibility index (Phi) is 3.92. The van der Waals surface area contributed by atoms with Crippen molar-refractivity contribution in [2.24, 2.45) is 0 Å². The van der Waals surface area contributed by atoms with Gasteiger partial charge < -0.3 is 4.74 Å². The van der Waals surface area contributed by atoms with Crippen molar-refractivity contribution >= 4 is 16.7 Å². The van der Waals surface area contributed by atoms with Gasteiger partial charge in [-0.05, 0) is 23.8 Å². The van der Waals surface area contributed by atoms with Gasteiger partial charge in [0.2, 0.25) is 0 Å². The van der Waals surface area contributed by atoms with Crippen molar-refractivity contribution in [3.8, 4) is 0 Å². The number of ether oxygens (including phenoxy) is 1. The zero-order valence-corrected chi connectivity index (χ0v) is 10.8. The molecule has 18 heavy (non-hydrogen) atoms. The fourth-order valence-corrected chi connectivity index (χ4v) is 2.10. The fraction of sp³-hybridized carbons (Fsp3) is 0.333. The number of rotatable bonds is 4. The summed E-state index contributed by atoms with van der Waals surface area (Å²) in [7, 11) is 1.39. The molecule has 3 heteroatoms. The Morgan fingerprint density at radius 1 is 1.33 bits per heavy atom. The molecule has 0 amide bonds. The molecule has 0 saturated heterocycles. The van der Waals surface area contributed by atoms with E-state index in [9.17, 15) is 4.79 Å². The van der Waals surface area contributed by atoms with Crippen molar-refractivity contribution in [2.75, 3.05) is 7.11 Å². The van der Waals surface area contributed by atoms with E-state index in [4.69, 9.17) is 4.74 Å². The zero-order chi connectivity index (χ0) is 13.0. The SMILES string of the molecule is CCCCc1c(C(=O)OC)ncc2ccccc12. The third kappa shape index (κ3) is 2.35. The Morgan fingerprint density at radius 3 is 2.83 bits per heavy atom. The van der Waals surface area contributed by atoms with E-state index < -0.39 is 0 Å². The van der Waals surface area contributed by atoms with Crippen LogP contribution in [-0.4, -0.2) is 18.1 Å². The number of benzene rings is 1. The maximum atomic E-state index is 11.8. The number of methoxy groups -OCH3 is 1. The molecular weight excluding hydrogens is 226 g/mol. The maximum Gasteiger partial charge on any atom is 0.356 e. The van der Waals surface area contributed by atoms with E-state index in [2.05, 4.69) is 11.9 Å². The topological polar surface area (TPSA) is 39.2 Å². The molecule has 0 N–H and O–H groups in total. The number of pyridine rings is 1. The Hall–Kier alpha value is -1.90. The van der Waals surface area contributed by atoms with Gasteiger partial charge in [0.1, 0.15) is 0 Å². The van der Waals surface area contributed by atoms with Crippen LogP contribution in [0.15, 0.2) is 30.5 Å². The van der Waals surface area contributed by atoms with Crippen LogP contribution in [0, 0.1) is 0 Å². The number of carbonyl (C=O) groups is 1. The number of hydrogen-bond acceptors (Lipinski definition) is 3. The minimum atomic E-state index is -0.355. The number of carbonyl (C=O) groups excluding carboxylic acids is 1. The highest BCUT2D eigenvalue weighted by molar-refractivity contribution is 5.96. The summed E-state index contributed by atoms with van der Waals surface area (Å²) in [5, 5.41) is 2.16. The quantitative estimate of drug-likeness (QED) is 0.773. The monoisotopic (exact) mass is 243 g/mol. The third-order valence-corrected chi connectivity index (χ3v) is 3.06. The predicted molar refractivity (Wildman–Crippen MR) is 71.7 cm³/mol. The van der Waals surface area contributed by atoms with Crippen LogP contribution >= 0.6 is 0 Å². The molecule has 0 fully saturated rings. The summed E-state index contributed by atoms with van der Waals surface area (Å²) in [5.41, 5.74) is 1.45. The first-order chi connectivity index (χ1) is 8.77. The summed E-state index contributed by atoms with van der Waals surface area (Å²) in [5.74, 6) is -0.355. The lowest BCUT2D eigenvalue weighted by Crippen LogP contribution is -2.09. The molecule has 0 aliphatic rings. The van der Waals surface area contributed by atoms with Crippen molar-refractivity contribution in [3.05, 3.63) is 41.7 Å². The third-order valence-electron chi connectivity index (χ3n) is 3.06. The molecule has 0 spiro atoms. The molecular formula is C15H17NO2. The van der Waals surface area contributed by atoms with E-state index in [1.807, 2.05) is 24.3 Å². The van der Waals surface area contributed by atoms with Gasteiger partial charge in [-0.2, -0.15) is 0 Å².